The van der Waals surface area contributed by atoms with Crippen LogP contribution in [0.4, 0.5) is 4.79 Å². The number of unbranched alkanes of at least 4 members (excludes halogenated alkanes) is 1. The third-order valence-electron chi connectivity index (χ3n) is 0.830. The molecule has 3 nitrogen and oxygen atoms in total. The van der Waals surface area contributed by atoms with E-state index < -0.39 is 6.09 Å². The molecular weight excluding hydrogens is 142 g/mol. The first kappa shape index (κ1) is 8.56. The Hall–Kier alpha value is -0.440. The molecule has 0 saturated heterocycles. The van der Waals surface area contributed by atoms with Crippen molar-refractivity contribution in [2.45, 2.75) is 12.8 Å². The van der Waals surface area contributed by atoms with Gasteiger partial charge in [0.05, 0.1) is 0 Å². The Balaban J connectivity index is 2.83. The monoisotopic (exact) mass is 150 g/mol. The molecule has 0 unspecified atom stereocenters. The van der Waals surface area contributed by atoms with E-state index in [4.69, 9.17) is 11.6 Å². The highest BCUT2D eigenvalue weighted by Crippen LogP contribution is 1.88. The highest BCUT2D eigenvalue weighted by Gasteiger charge is 1.93. The third kappa shape index (κ3) is 7.56. The number of nitrogens with one attached hydrogen (secondary N) is 1. The van der Waals surface area contributed by atoms with Crippen molar-refractivity contribution in [2.75, 3.05) is 12.4 Å². The molecule has 0 saturated carbocycles. The Morgan fingerprint density at radius 3 is 2.56 bits per heavy atom. The lowest BCUT2D eigenvalue weighted by Gasteiger charge is -1.94. The van der Waals surface area contributed by atoms with Gasteiger partial charge in [-0.15, -0.1) is 11.6 Å². The fourth-order valence-electron chi connectivity index (χ4n) is 0.410. The standard InChI is InChI=1S/C5H9ClNO2/c6-3-1-2-4-7-5(8)9/h7H,1-4H2. The molecular formula is C5H9ClNO2. The molecule has 0 fully saturated rings. The molecule has 1 amide bonds. The highest BCUT2D eigenvalue weighted by atomic mass is 35.5. The van der Waals surface area contributed by atoms with Gasteiger partial charge in [-0.3, -0.25) is 0 Å². The summed E-state index contributed by atoms with van der Waals surface area (Å²) >= 11 is 5.33. The lowest BCUT2D eigenvalue weighted by Crippen LogP contribution is -2.20. The normalized spacial score (nSPS) is 9.00. The summed E-state index contributed by atoms with van der Waals surface area (Å²) in [5.41, 5.74) is 0. The minimum atomic E-state index is -1.22. The van der Waals surface area contributed by atoms with Crippen LogP contribution in [-0.4, -0.2) is 18.5 Å². The van der Waals surface area contributed by atoms with Crippen LogP contribution in [0.3, 0.4) is 0 Å². The largest absolute Gasteiger partial charge is 0.450 e. The smallest absolute Gasteiger partial charge is 0.318 e. The van der Waals surface area contributed by atoms with E-state index in [0.29, 0.717) is 12.4 Å². The summed E-state index contributed by atoms with van der Waals surface area (Å²) in [7, 11) is 0. The molecule has 4 heteroatoms. The molecule has 0 heterocycles. The summed E-state index contributed by atoms with van der Waals surface area (Å²) in [6, 6.07) is 0. The van der Waals surface area contributed by atoms with Gasteiger partial charge in [0.1, 0.15) is 0 Å². The van der Waals surface area contributed by atoms with Crippen LogP contribution in [0.25, 0.3) is 0 Å². The van der Waals surface area contributed by atoms with Gasteiger partial charge in [-0.1, -0.05) is 0 Å². The van der Waals surface area contributed by atoms with Gasteiger partial charge in [0.2, 0.25) is 0 Å². The molecule has 0 atom stereocenters. The van der Waals surface area contributed by atoms with Crippen LogP contribution in [0.2, 0.25) is 0 Å². The Labute approximate surface area is 59.0 Å². The van der Waals surface area contributed by atoms with Crippen molar-refractivity contribution in [1.29, 1.82) is 0 Å². The first-order valence-electron chi connectivity index (χ1n) is 2.78. The van der Waals surface area contributed by atoms with E-state index in [1.54, 1.807) is 0 Å². The van der Waals surface area contributed by atoms with E-state index in [0.717, 1.165) is 12.8 Å². The molecule has 0 aromatic heterocycles. The molecule has 0 bridgehead atoms. The minimum Gasteiger partial charge on any atom is -0.318 e. The van der Waals surface area contributed by atoms with Crippen LogP contribution in [-0.2, 0) is 5.11 Å². The summed E-state index contributed by atoms with van der Waals surface area (Å²) in [6.45, 7) is 0.440. The minimum absolute atomic E-state index is 0.440. The molecule has 0 aliphatic rings. The van der Waals surface area contributed by atoms with Crippen molar-refractivity contribution in [3.8, 4) is 0 Å². The number of halogens is 1. The van der Waals surface area contributed by atoms with Crippen LogP contribution in [0, 0.1) is 0 Å². The van der Waals surface area contributed by atoms with Crippen LogP contribution >= 0.6 is 11.6 Å². The summed E-state index contributed by atoms with van der Waals surface area (Å²) in [5.74, 6) is 0.578. The van der Waals surface area contributed by atoms with E-state index in [1.165, 1.54) is 0 Å². The quantitative estimate of drug-likeness (QED) is 0.474. The Morgan fingerprint density at radius 1 is 1.44 bits per heavy atom. The van der Waals surface area contributed by atoms with Crippen LogP contribution < -0.4 is 5.32 Å². The van der Waals surface area contributed by atoms with E-state index in [-0.39, 0.29) is 0 Å². The van der Waals surface area contributed by atoms with Gasteiger partial charge >= 0.3 is 6.09 Å². The van der Waals surface area contributed by atoms with E-state index in [9.17, 15) is 9.90 Å². The second-order valence-electron chi connectivity index (χ2n) is 1.61. The molecule has 0 aromatic rings. The summed E-state index contributed by atoms with van der Waals surface area (Å²) in [4.78, 5) is 9.71. The van der Waals surface area contributed by atoms with E-state index >= 15 is 0 Å². The summed E-state index contributed by atoms with van der Waals surface area (Å²) in [5, 5.41) is 11.8. The molecule has 0 aliphatic heterocycles. The van der Waals surface area contributed by atoms with E-state index in [1.807, 2.05) is 0 Å². The van der Waals surface area contributed by atoms with Crippen molar-refractivity contribution in [3.63, 3.8) is 0 Å². The number of carbonyl (C=O) groups is 1. The maximum Gasteiger partial charge on any atom is 0.450 e. The number of hydrogen-bond acceptors (Lipinski definition) is 1. The first-order chi connectivity index (χ1) is 4.27. The van der Waals surface area contributed by atoms with Crippen LogP contribution in [0.5, 0.6) is 0 Å². The maximum atomic E-state index is 9.71. The molecule has 0 aromatic carbocycles. The van der Waals surface area contributed by atoms with Crippen molar-refractivity contribution in [2.24, 2.45) is 0 Å². The third-order valence-corrected chi connectivity index (χ3v) is 1.10. The molecule has 53 valence electrons. The number of carbonyl (C=O) groups excluding carboxylic acids is 1. The molecule has 1 N–H and O–H groups in total. The maximum absolute atomic E-state index is 9.71. The molecule has 0 spiro atoms. The highest BCUT2D eigenvalue weighted by molar-refractivity contribution is 6.17. The number of alkyl halides is 1. The zero-order chi connectivity index (χ0) is 7.11. The summed E-state index contributed by atoms with van der Waals surface area (Å²) in [6.07, 6.45) is 0.392. The lowest BCUT2D eigenvalue weighted by atomic mass is 10.3. The number of hydrogen-bond donors (Lipinski definition) is 1. The zero-order valence-electron chi connectivity index (χ0n) is 5.02. The second-order valence-corrected chi connectivity index (χ2v) is 1.99. The molecule has 1 radical (unpaired) electrons. The van der Waals surface area contributed by atoms with Crippen molar-refractivity contribution in [1.82, 2.24) is 5.32 Å². The Kier molecular flexibility index (Phi) is 5.41. The Morgan fingerprint density at radius 2 is 2.11 bits per heavy atom. The number of amides is 1. The Bertz CT molecular complexity index is 87.0. The average molecular weight is 151 g/mol. The number of rotatable bonds is 4. The van der Waals surface area contributed by atoms with Crippen LogP contribution in [0.15, 0.2) is 0 Å². The van der Waals surface area contributed by atoms with Gasteiger partial charge < -0.3 is 5.32 Å². The SMILES string of the molecule is [O]C(=O)NCCCCCl. The average Bonchev–Trinajstić information content (AvgIpc) is 1.80. The fourth-order valence-corrected chi connectivity index (χ4v) is 0.599. The first-order valence-corrected chi connectivity index (χ1v) is 3.31. The molecule has 9 heavy (non-hydrogen) atoms. The summed E-state index contributed by atoms with van der Waals surface area (Å²) < 4.78 is 0. The lowest BCUT2D eigenvalue weighted by molar-refractivity contribution is 0.168. The van der Waals surface area contributed by atoms with Crippen molar-refractivity contribution in [3.05, 3.63) is 0 Å². The van der Waals surface area contributed by atoms with Gasteiger partial charge in [0.25, 0.3) is 0 Å². The van der Waals surface area contributed by atoms with Gasteiger partial charge in [-0.05, 0) is 12.8 Å². The van der Waals surface area contributed by atoms with E-state index in [2.05, 4.69) is 5.32 Å². The topological polar surface area (TPSA) is 49.0 Å². The predicted molar refractivity (Wildman–Crippen MR) is 34.0 cm³/mol. The fraction of sp³-hybridized carbons (Fsp3) is 0.800. The zero-order valence-corrected chi connectivity index (χ0v) is 5.78. The van der Waals surface area contributed by atoms with Crippen molar-refractivity contribution < 1.29 is 9.90 Å². The second kappa shape index (κ2) is 5.69. The van der Waals surface area contributed by atoms with Gasteiger partial charge in [-0.2, -0.15) is 0 Å². The molecule has 0 rings (SSSR count). The van der Waals surface area contributed by atoms with Gasteiger partial charge in [0, 0.05) is 12.4 Å². The van der Waals surface area contributed by atoms with Gasteiger partial charge in [-0.25, -0.2) is 9.90 Å². The van der Waals surface area contributed by atoms with Crippen LogP contribution in [0.1, 0.15) is 12.8 Å². The van der Waals surface area contributed by atoms with Crippen molar-refractivity contribution >= 4 is 17.7 Å². The predicted octanol–water partition coefficient (Wildman–Crippen LogP) is 1.15. The van der Waals surface area contributed by atoms with Gasteiger partial charge in [0.15, 0.2) is 0 Å². The molecule has 0 aliphatic carbocycles.